The molecule has 1 aromatic heterocycles. The molecule has 0 aliphatic carbocycles. The van der Waals surface area contributed by atoms with Crippen molar-refractivity contribution < 1.29 is 13.2 Å². The van der Waals surface area contributed by atoms with Crippen molar-refractivity contribution in [1.82, 2.24) is 14.8 Å². The van der Waals surface area contributed by atoms with Gasteiger partial charge in [0, 0.05) is 12.6 Å². The Bertz CT molecular complexity index is 421. The predicted molar refractivity (Wildman–Crippen MR) is 61.6 cm³/mol. The summed E-state index contributed by atoms with van der Waals surface area (Å²) < 4.78 is 39.3. The van der Waals surface area contributed by atoms with E-state index in [1.807, 2.05) is 0 Å². The lowest BCUT2D eigenvalue weighted by Gasteiger charge is -2.28. The standard InChI is InChI=1S/C9H15F3N4S/c1-4-15-7(13-14-8(15)17)16(6(2)3)5-9(10,11)12/h6H,4-5H2,1-3H3,(H,14,17). The van der Waals surface area contributed by atoms with E-state index in [1.54, 1.807) is 25.3 Å². The third kappa shape index (κ3) is 3.45. The fourth-order valence-electron chi connectivity index (χ4n) is 1.49. The number of nitrogens with one attached hydrogen (secondary N) is 1. The van der Waals surface area contributed by atoms with E-state index in [-0.39, 0.29) is 12.0 Å². The van der Waals surface area contributed by atoms with Crippen molar-refractivity contribution >= 4 is 18.2 Å². The Labute approximate surface area is 102 Å². The Morgan fingerprint density at radius 3 is 2.47 bits per heavy atom. The number of halogens is 3. The number of H-pyrrole nitrogens is 1. The average molecular weight is 268 g/mol. The Morgan fingerprint density at radius 2 is 2.06 bits per heavy atom. The van der Waals surface area contributed by atoms with Gasteiger partial charge in [0.2, 0.25) is 5.95 Å². The van der Waals surface area contributed by atoms with Crippen LogP contribution in [0.4, 0.5) is 19.1 Å². The maximum absolute atomic E-state index is 12.5. The van der Waals surface area contributed by atoms with Crippen LogP contribution in [0.25, 0.3) is 0 Å². The lowest BCUT2D eigenvalue weighted by molar-refractivity contribution is -0.120. The Hall–Kier alpha value is -1.05. The third-order valence-electron chi connectivity index (χ3n) is 2.28. The molecular formula is C9H15F3N4S. The number of alkyl halides is 3. The van der Waals surface area contributed by atoms with Crippen molar-refractivity contribution in [3.8, 4) is 0 Å². The molecule has 0 saturated carbocycles. The van der Waals surface area contributed by atoms with Gasteiger partial charge in [0.1, 0.15) is 6.54 Å². The monoisotopic (exact) mass is 268 g/mol. The van der Waals surface area contributed by atoms with Crippen LogP contribution in [0.3, 0.4) is 0 Å². The summed E-state index contributed by atoms with van der Waals surface area (Å²) in [6.07, 6.45) is -4.27. The highest BCUT2D eigenvalue weighted by Gasteiger charge is 2.33. The second-order valence-electron chi connectivity index (χ2n) is 3.91. The first-order chi connectivity index (χ1) is 7.76. The number of hydrogen-bond acceptors (Lipinski definition) is 3. The van der Waals surface area contributed by atoms with Crippen LogP contribution in [-0.2, 0) is 6.54 Å². The van der Waals surface area contributed by atoms with Crippen LogP contribution < -0.4 is 4.90 Å². The minimum atomic E-state index is -4.27. The van der Waals surface area contributed by atoms with Gasteiger partial charge < -0.3 is 4.90 Å². The van der Waals surface area contributed by atoms with Crippen LogP contribution in [0, 0.1) is 4.77 Å². The molecule has 4 nitrogen and oxygen atoms in total. The number of nitrogens with zero attached hydrogens (tertiary/aromatic N) is 3. The van der Waals surface area contributed by atoms with E-state index in [0.717, 1.165) is 0 Å². The first-order valence-corrected chi connectivity index (χ1v) is 5.65. The fraction of sp³-hybridized carbons (Fsp3) is 0.778. The number of aromatic nitrogens is 3. The van der Waals surface area contributed by atoms with Crippen molar-refractivity contribution in [3.63, 3.8) is 0 Å². The van der Waals surface area contributed by atoms with Crippen LogP contribution in [0.2, 0.25) is 0 Å². The van der Waals surface area contributed by atoms with Gasteiger partial charge in [-0.25, -0.2) is 5.10 Å². The molecule has 0 aliphatic heterocycles. The summed E-state index contributed by atoms with van der Waals surface area (Å²) in [6.45, 7) is 4.61. The molecule has 98 valence electrons. The van der Waals surface area contributed by atoms with Gasteiger partial charge >= 0.3 is 6.18 Å². The quantitative estimate of drug-likeness (QED) is 0.853. The first kappa shape index (κ1) is 14.0. The van der Waals surface area contributed by atoms with Crippen LogP contribution in [0.15, 0.2) is 0 Å². The van der Waals surface area contributed by atoms with Gasteiger partial charge in [-0.2, -0.15) is 13.2 Å². The topological polar surface area (TPSA) is 36.9 Å². The summed E-state index contributed by atoms with van der Waals surface area (Å²) in [7, 11) is 0. The van der Waals surface area contributed by atoms with E-state index in [2.05, 4.69) is 10.2 Å². The molecule has 0 aromatic carbocycles. The van der Waals surface area contributed by atoms with Gasteiger partial charge in [0.15, 0.2) is 4.77 Å². The molecule has 17 heavy (non-hydrogen) atoms. The molecule has 8 heteroatoms. The molecule has 0 aliphatic rings. The largest absolute Gasteiger partial charge is 0.406 e. The molecule has 0 radical (unpaired) electrons. The van der Waals surface area contributed by atoms with Gasteiger partial charge in [-0.3, -0.25) is 4.57 Å². The molecule has 0 amide bonds. The second-order valence-corrected chi connectivity index (χ2v) is 4.30. The Morgan fingerprint density at radius 1 is 1.47 bits per heavy atom. The summed E-state index contributed by atoms with van der Waals surface area (Å²) in [5.74, 6) is 0.227. The van der Waals surface area contributed by atoms with E-state index in [0.29, 0.717) is 11.3 Å². The van der Waals surface area contributed by atoms with E-state index < -0.39 is 12.7 Å². The van der Waals surface area contributed by atoms with Gasteiger partial charge in [-0.15, -0.1) is 5.10 Å². The molecule has 0 fully saturated rings. The Kier molecular flexibility index (Phi) is 4.18. The van der Waals surface area contributed by atoms with Crippen LogP contribution in [0.5, 0.6) is 0 Å². The van der Waals surface area contributed by atoms with Crippen molar-refractivity contribution in [1.29, 1.82) is 0 Å². The molecule has 0 saturated heterocycles. The fourth-order valence-corrected chi connectivity index (χ4v) is 1.75. The minimum Gasteiger partial charge on any atom is -0.329 e. The van der Waals surface area contributed by atoms with Gasteiger partial charge in [0.25, 0.3) is 0 Å². The van der Waals surface area contributed by atoms with Crippen molar-refractivity contribution in [2.24, 2.45) is 0 Å². The zero-order chi connectivity index (χ0) is 13.2. The summed E-state index contributed by atoms with van der Waals surface area (Å²) in [4.78, 5) is 1.18. The Balaban J connectivity index is 3.10. The maximum atomic E-state index is 12.5. The van der Waals surface area contributed by atoms with Gasteiger partial charge in [-0.1, -0.05) is 0 Å². The zero-order valence-electron chi connectivity index (χ0n) is 9.88. The smallest absolute Gasteiger partial charge is 0.329 e. The predicted octanol–water partition coefficient (Wildman–Crippen LogP) is 2.74. The summed E-state index contributed by atoms with van der Waals surface area (Å²) in [6, 6.07) is -0.313. The van der Waals surface area contributed by atoms with Crippen LogP contribution >= 0.6 is 12.2 Å². The third-order valence-corrected chi connectivity index (χ3v) is 2.60. The lowest BCUT2D eigenvalue weighted by atomic mass is 10.3. The molecule has 0 spiro atoms. The molecule has 1 rings (SSSR count). The number of aromatic amines is 1. The molecule has 0 bridgehead atoms. The molecule has 1 N–H and O–H groups in total. The number of hydrogen-bond donors (Lipinski definition) is 1. The SMILES string of the molecule is CCn1c(N(CC(F)(F)F)C(C)C)n[nH]c1=S. The average Bonchev–Trinajstić information content (AvgIpc) is 2.54. The molecule has 1 heterocycles. The van der Waals surface area contributed by atoms with E-state index in [1.165, 1.54) is 4.90 Å². The van der Waals surface area contributed by atoms with Gasteiger partial charge in [-0.05, 0) is 33.0 Å². The van der Waals surface area contributed by atoms with Crippen LogP contribution in [0.1, 0.15) is 20.8 Å². The number of rotatable bonds is 4. The van der Waals surface area contributed by atoms with Crippen LogP contribution in [-0.4, -0.2) is 33.5 Å². The highest BCUT2D eigenvalue weighted by atomic mass is 32.1. The van der Waals surface area contributed by atoms with Crippen molar-refractivity contribution in [2.45, 2.75) is 39.5 Å². The van der Waals surface area contributed by atoms with Crippen molar-refractivity contribution in [2.75, 3.05) is 11.4 Å². The molecule has 0 atom stereocenters. The zero-order valence-corrected chi connectivity index (χ0v) is 10.7. The summed E-state index contributed by atoms with van der Waals surface area (Å²) in [5, 5.41) is 6.38. The van der Waals surface area contributed by atoms with Crippen molar-refractivity contribution in [3.05, 3.63) is 4.77 Å². The van der Waals surface area contributed by atoms with E-state index in [4.69, 9.17) is 12.2 Å². The van der Waals surface area contributed by atoms with Gasteiger partial charge in [0.05, 0.1) is 0 Å². The molecule has 1 aromatic rings. The minimum absolute atomic E-state index is 0.227. The van der Waals surface area contributed by atoms with E-state index >= 15 is 0 Å². The first-order valence-electron chi connectivity index (χ1n) is 5.25. The second kappa shape index (κ2) is 5.07. The molecular weight excluding hydrogens is 253 g/mol. The maximum Gasteiger partial charge on any atom is 0.406 e. The van der Waals surface area contributed by atoms with E-state index in [9.17, 15) is 13.2 Å². The highest BCUT2D eigenvalue weighted by molar-refractivity contribution is 7.71. The summed E-state index contributed by atoms with van der Waals surface area (Å²) >= 11 is 4.96. The number of anilines is 1. The molecule has 0 unspecified atom stereocenters. The normalized spacial score (nSPS) is 12.2. The lowest BCUT2D eigenvalue weighted by Crippen LogP contribution is -2.40. The highest BCUT2D eigenvalue weighted by Crippen LogP contribution is 2.22. The summed E-state index contributed by atoms with van der Waals surface area (Å²) in [5.41, 5.74) is 0.